The van der Waals surface area contributed by atoms with E-state index < -0.39 is 6.09 Å². The maximum absolute atomic E-state index is 11.0. The van der Waals surface area contributed by atoms with E-state index in [4.69, 9.17) is 23.2 Å². The molecule has 1 N–H and O–H groups in total. The number of thiazole rings is 1. The minimum Gasteiger partial charge on any atom is -0.448 e. The molecule has 14 heavy (non-hydrogen) atoms. The zero-order valence-electron chi connectivity index (χ0n) is 7.13. The van der Waals surface area contributed by atoms with Crippen molar-refractivity contribution in [1.29, 1.82) is 0 Å². The highest BCUT2D eigenvalue weighted by Gasteiger charge is 2.06. The summed E-state index contributed by atoms with van der Waals surface area (Å²) in [7, 11) is 0. The normalized spacial score (nSPS) is 9.86. The Morgan fingerprint density at radius 1 is 1.64 bits per heavy atom. The van der Waals surface area contributed by atoms with E-state index in [9.17, 15) is 4.79 Å². The van der Waals surface area contributed by atoms with Gasteiger partial charge in [0.15, 0.2) is 5.13 Å². The number of carbonyl (C=O) groups excluding carboxylic acids is 1. The van der Waals surface area contributed by atoms with Gasteiger partial charge in [-0.2, -0.15) is 0 Å². The van der Waals surface area contributed by atoms with Crippen molar-refractivity contribution in [2.45, 2.75) is 5.88 Å². The average molecular weight is 255 g/mol. The molecule has 0 radical (unpaired) electrons. The third kappa shape index (κ3) is 3.69. The second kappa shape index (κ2) is 6.06. The number of carbonyl (C=O) groups is 1. The van der Waals surface area contributed by atoms with Crippen molar-refractivity contribution in [2.75, 3.05) is 17.8 Å². The molecule has 0 aliphatic carbocycles. The van der Waals surface area contributed by atoms with E-state index in [1.165, 1.54) is 11.3 Å². The summed E-state index contributed by atoms with van der Waals surface area (Å²) in [5.74, 6) is 0.604. The molecule has 0 aliphatic heterocycles. The Hall–Kier alpha value is -0.520. The number of ether oxygens (including phenoxy) is 1. The van der Waals surface area contributed by atoms with Crippen LogP contribution in [0.4, 0.5) is 9.93 Å². The second-order valence-corrected chi connectivity index (χ2v) is 3.73. The molecule has 78 valence electrons. The fourth-order valence-electron chi connectivity index (χ4n) is 0.680. The third-order valence-corrected chi connectivity index (χ3v) is 2.44. The van der Waals surface area contributed by atoms with Crippen LogP contribution < -0.4 is 5.32 Å². The summed E-state index contributed by atoms with van der Waals surface area (Å²) >= 11 is 12.2. The van der Waals surface area contributed by atoms with Gasteiger partial charge in [-0.15, -0.1) is 34.5 Å². The van der Waals surface area contributed by atoms with Gasteiger partial charge in [0.05, 0.1) is 17.5 Å². The summed E-state index contributed by atoms with van der Waals surface area (Å²) in [6, 6.07) is 0. The van der Waals surface area contributed by atoms with Crippen LogP contribution in [0.25, 0.3) is 0 Å². The van der Waals surface area contributed by atoms with Crippen LogP contribution in [0.3, 0.4) is 0 Å². The van der Waals surface area contributed by atoms with Gasteiger partial charge < -0.3 is 4.74 Å². The summed E-state index contributed by atoms with van der Waals surface area (Å²) in [5.41, 5.74) is 0.726. The van der Waals surface area contributed by atoms with Crippen LogP contribution in [-0.4, -0.2) is 23.6 Å². The molecule has 4 nitrogen and oxygen atoms in total. The van der Waals surface area contributed by atoms with Gasteiger partial charge in [-0.05, 0) is 0 Å². The lowest BCUT2D eigenvalue weighted by molar-refractivity contribution is 0.168. The lowest BCUT2D eigenvalue weighted by atomic mass is 10.6. The van der Waals surface area contributed by atoms with E-state index in [1.54, 1.807) is 5.38 Å². The molecular formula is C7H8Cl2N2O2S. The van der Waals surface area contributed by atoms with Gasteiger partial charge in [0.1, 0.15) is 6.61 Å². The van der Waals surface area contributed by atoms with E-state index in [0.29, 0.717) is 11.0 Å². The third-order valence-electron chi connectivity index (χ3n) is 1.21. The number of alkyl halides is 2. The molecule has 0 atom stereocenters. The number of anilines is 1. The summed E-state index contributed by atoms with van der Waals surface area (Å²) < 4.78 is 4.69. The topological polar surface area (TPSA) is 51.2 Å². The highest BCUT2D eigenvalue weighted by molar-refractivity contribution is 7.13. The van der Waals surface area contributed by atoms with Crippen molar-refractivity contribution in [1.82, 2.24) is 4.98 Å². The zero-order valence-corrected chi connectivity index (χ0v) is 9.45. The maximum atomic E-state index is 11.0. The first-order valence-corrected chi connectivity index (χ1v) is 5.71. The van der Waals surface area contributed by atoms with Crippen LogP contribution in [0.15, 0.2) is 5.38 Å². The van der Waals surface area contributed by atoms with Crippen LogP contribution in [0, 0.1) is 0 Å². The van der Waals surface area contributed by atoms with Crippen LogP contribution >= 0.6 is 34.5 Å². The number of amides is 1. The molecule has 0 spiro atoms. The largest absolute Gasteiger partial charge is 0.448 e. The number of rotatable bonds is 4. The van der Waals surface area contributed by atoms with Crippen molar-refractivity contribution in [2.24, 2.45) is 0 Å². The number of halogens is 2. The lowest BCUT2D eigenvalue weighted by Gasteiger charge is -2.01. The standard InChI is InChI=1S/C7H8Cl2N2O2S/c8-1-2-13-7(12)11-6-10-5(3-9)4-14-6/h4H,1-3H2,(H,10,11,12). The molecule has 0 saturated carbocycles. The molecule has 1 heterocycles. The summed E-state index contributed by atoms with van der Waals surface area (Å²) in [6.45, 7) is 0.182. The molecule has 0 saturated heterocycles. The van der Waals surface area contributed by atoms with Crippen LogP contribution in [0.2, 0.25) is 0 Å². The fourth-order valence-corrected chi connectivity index (χ4v) is 1.68. The van der Waals surface area contributed by atoms with Gasteiger partial charge >= 0.3 is 6.09 Å². The monoisotopic (exact) mass is 254 g/mol. The summed E-state index contributed by atoms with van der Waals surface area (Å²) in [4.78, 5) is 15.0. The smallest absolute Gasteiger partial charge is 0.413 e. The van der Waals surface area contributed by atoms with Crippen molar-refractivity contribution in [3.05, 3.63) is 11.1 Å². The molecule has 0 bridgehead atoms. The zero-order chi connectivity index (χ0) is 10.4. The van der Waals surface area contributed by atoms with E-state index >= 15 is 0 Å². The van der Waals surface area contributed by atoms with Gasteiger partial charge in [0.25, 0.3) is 0 Å². The lowest BCUT2D eigenvalue weighted by Crippen LogP contribution is -2.14. The van der Waals surface area contributed by atoms with E-state index in [1.807, 2.05) is 0 Å². The summed E-state index contributed by atoms with van der Waals surface area (Å²) in [5, 5.41) is 4.70. The minimum atomic E-state index is -0.555. The quantitative estimate of drug-likeness (QED) is 0.841. The van der Waals surface area contributed by atoms with Crippen molar-refractivity contribution >= 4 is 45.8 Å². The Morgan fingerprint density at radius 3 is 3.00 bits per heavy atom. The fraction of sp³-hybridized carbons (Fsp3) is 0.429. The first kappa shape index (κ1) is 11.6. The molecule has 1 aromatic rings. The van der Waals surface area contributed by atoms with Crippen LogP contribution in [0.1, 0.15) is 5.69 Å². The number of nitrogens with zero attached hydrogens (tertiary/aromatic N) is 1. The van der Waals surface area contributed by atoms with Crippen molar-refractivity contribution in [3.63, 3.8) is 0 Å². The Bertz CT molecular complexity index is 306. The highest BCUT2D eigenvalue weighted by atomic mass is 35.5. The Labute approximate surface area is 95.2 Å². The molecule has 0 fully saturated rings. The Balaban J connectivity index is 2.39. The maximum Gasteiger partial charge on any atom is 0.413 e. The molecule has 1 rings (SSSR count). The first-order chi connectivity index (χ1) is 6.76. The van der Waals surface area contributed by atoms with Gasteiger partial charge in [0, 0.05) is 5.38 Å². The van der Waals surface area contributed by atoms with Gasteiger partial charge in [-0.25, -0.2) is 9.78 Å². The molecule has 7 heteroatoms. The van der Waals surface area contributed by atoms with E-state index in [2.05, 4.69) is 15.0 Å². The van der Waals surface area contributed by atoms with Crippen molar-refractivity contribution in [3.8, 4) is 0 Å². The minimum absolute atomic E-state index is 0.182. The SMILES string of the molecule is O=C(Nc1nc(CCl)cs1)OCCCl. The van der Waals surface area contributed by atoms with E-state index in [0.717, 1.165) is 5.69 Å². The van der Waals surface area contributed by atoms with Crippen molar-refractivity contribution < 1.29 is 9.53 Å². The number of hydrogen-bond donors (Lipinski definition) is 1. The molecular weight excluding hydrogens is 247 g/mol. The molecule has 1 amide bonds. The van der Waals surface area contributed by atoms with Crippen LogP contribution in [0.5, 0.6) is 0 Å². The summed E-state index contributed by atoms with van der Waals surface area (Å²) in [6.07, 6.45) is -0.555. The predicted octanol–water partition coefficient (Wildman–Crippen LogP) is 2.67. The molecule has 0 unspecified atom stereocenters. The van der Waals surface area contributed by atoms with Gasteiger partial charge in [-0.3, -0.25) is 5.32 Å². The average Bonchev–Trinajstić information content (AvgIpc) is 2.62. The number of nitrogens with one attached hydrogen (secondary N) is 1. The second-order valence-electron chi connectivity index (χ2n) is 2.23. The Morgan fingerprint density at radius 2 is 2.43 bits per heavy atom. The Kier molecular flexibility index (Phi) is 5.00. The number of hydrogen-bond acceptors (Lipinski definition) is 4. The highest BCUT2D eigenvalue weighted by Crippen LogP contribution is 2.16. The molecule has 1 aromatic heterocycles. The van der Waals surface area contributed by atoms with Crippen LogP contribution in [-0.2, 0) is 10.6 Å². The number of aromatic nitrogens is 1. The van der Waals surface area contributed by atoms with E-state index in [-0.39, 0.29) is 12.5 Å². The van der Waals surface area contributed by atoms with Gasteiger partial charge in [-0.1, -0.05) is 0 Å². The predicted molar refractivity (Wildman–Crippen MR) is 57.4 cm³/mol. The van der Waals surface area contributed by atoms with Gasteiger partial charge in [0.2, 0.25) is 0 Å². The first-order valence-electron chi connectivity index (χ1n) is 3.76. The molecule has 0 aliphatic rings. The molecule has 0 aromatic carbocycles.